The molecule has 0 aliphatic rings. The number of halogens is 1. The fraction of sp³-hybridized carbons (Fsp3) is 0.0909. The van der Waals surface area contributed by atoms with Gasteiger partial charge in [-0.1, -0.05) is 23.7 Å². The molecule has 0 amide bonds. The molecular weight excluding hydrogens is 212 g/mol. The molecule has 0 N–H and O–H groups in total. The number of nitrogens with zero attached hydrogens (tertiary/aromatic N) is 2. The van der Waals surface area contributed by atoms with Crippen LogP contribution in [0.4, 0.5) is 0 Å². The smallest absolute Gasteiger partial charge is 0.253 e. The molecule has 3 nitrogen and oxygen atoms in total. The molecule has 1 heterocycles. The Bertz CT molecular complexity index is 531. The molecule has 1 aromatic heterocycles. The molecule has 4 heteroatoms. The molecule has 0 radical (unpaired) electrons. The number of hydrogen-bond donors (Lipinski definition) is 0. The first-order chi connectivity index (χ1) is 7.16. The quantitative estimate of drug-likeness (QED) is 0.738. The van der Waals surface area contributed by atoms with E-state index in [4.69, 9.17) is 11.6 Å². The fourth-order valence-electron chi connectivity index (χ4n) is 1.24. The van der Waals surface area contributed by atoms with Crippen molar-refractivity contribution in [2.45, 2.75) is 0 Å². The molecule has 0 bridgehead atoms. The van der Waals surface area contributed by atoms with Crippen LogP contribution < -0.4 is 5.56 Å². The normalized spacial score (nSPS) is 10.3. The number of benzene rings is 1. The monoisotopic (exact) mass is 220 g/mol. The van der Waals surface area contributed by atoms with Crippen molar-refractivity contribution in [2.24, 2.45) is 7.05 Å². The van der Waals surface area contributed by atoms with Gasteiger partial charge in [-0.25, -0.2) is 4.98 Å². The van der Waals surface area contributed by atoms with E-state index < -0.39 is 0 Å². The van der Waals surface area contributed by atoms with Gasteiger partial charge >= 0.3 is 0 Å². The van der Waals surface area contributed by atoms with Gasteiger partial charge in [0.25, 0.3) is 5.56 Å². The van der Waals surface area contributed by atoms with Crippen LogP contribution in [-0.2, 0) is 7.05 Å². The van der Waals surface area contributed by atoms with Gasteiger partial charge in [0.15, 0.2) is 0 Å². The third kappa shape index (κ3) is 2.07. The predicted octanol–water partition coefficient (Wildman–Crippen LogP) is 2.10. The summed E-state index contributed by atoms with van der Waals surface area (Å²) in [7, 11) is 1.67. The average molecular weight is 221 g/mol. The highest BCUT2D eigenvalue weighted by molar-refractivity contribution is 6.30. The van der Waals surface area contributed by atoms with E-state index in [2.05, 4.69) is 4.98 Å². The maximum absolute atomic E-state index is 11.4. The number of aryl methyl sites for hydroxylation is 1. The average Bonchev–Trinajstić information content (AvgIpc) is 2.23. The Kier molecular flexibility index (Phi) is 2.56. The first-order valence-corrected chi connectivity index (χ1v) is 4.83. The maximum atomic E-state index is 11.4. The highest BCUT2D eigenvalue weighted by Crippen LogP contribution is 2.17. The summed E-state index contributed by atoms with van der Waals surface area (Å²) >= 11 is 5.77. The zero-order valence-corrected chi connectivity index (χ0v) is 8.90. The maximum Gasteiger partial charge on any atom is 0.253 e. The molecule has 0 unspecified atom stereocenters. The SMILES string of the molecule is Cn1cnc(-c2ccc(Cl)cc2)cc1=O. The summed E-state index contributed by atoms with van der Waals surface area (Å²) in [5.74, 6) is 0. The van der Waals surface area contributed by atoms with E-state index in [1.54, 1.807) is 19.2 Å². The van der Waals surface area contributed by atoms with E-state index in [1.807, 2.05) is 12.1 Å². The number of hydrogen-bond acceptors (Lipinski definition) is 2. The predicted molar refractivity (Wildman–Crippen MR) is 59.9 cm³/mol. The lowest BCUT2D eigenvalue weighted by molar-refractivity contribution is 0.826. The highest BCUT2D eigenvalue weighted by Gasteiger charge is 2.00. The summed E-state index contributed by atoms with van der Waals surface area (Å²) in [5, 5.41) is 0.669. The van der Waals surface area contributed by atoms with Gasteiger partial charge in [-0.2, -0.15) is 0 Å². The lowest BCUT2D eigenvalue weighted by atomic mass is 10.1. The van der Waals surface area contributed by atoms with Crippen LogP contribution in [0.5, 0.6) is 0 Å². The van der Waals surface area contributed by atoms with Crippen molar-refractivity contribution < 1.29 is 0 Å². The highest BCUT2D eigenvalue weighted by atomic mass is 35.5. The van der Waals surface area contributed by atoms with Crippen LogP contribution in [-0.4, -0.2) is 9.55 Å². The Hall–Kier alpha value is -1.61. The Morgan fingerprint density at radius 1 is 1.27 bits per heavy atom. The topological polar surface area (TPSA) is 34.9 Å². The summed E-state index contributed by atoms with van der Waals surface area (Å²) in [6.45, 7) is 0. The summed E-state index contributed by atoms with van der Waals surface area (Å²) < 4.78 is 1.43. The second-order valence-electron chi connectivity index (χ2n) is 3.23. The van der Waals surface area contributed by atoms with Gasteiger partial charge in [-0.15, -0.1) is 0 Å². The van der Waals surface area contributed by atoms with Crippen LogP contribution >= 0.6 is 11.6 Å². The van der Waals surface area contributed by atoms with Crippen molar-refractivity contribution in [3.8, 4) is 11.3 Å². The molecule has 15 heavy (non-hydrogen) atoms. The molecule has 0 saturated heterocycles. The van der Waals surface area contributed by atoms with Crippen molar-refractivity contribution in [3.63, 3.8) is 0 Å². The second kappa shape index (κ2) is 3.87. The molecule has 2 aromatic rings. The van der Waals surface area contributed by atoms with Crippen molar-refractivity contribution in [1.29, 1.82) is 0 Å². The van der Waals surface area contributed by atoms with Crippen LogP contribution in [0.2, 0.25) is 5.02 Å². The van der Waals surface area contributed by atoms with Gasteiger partial charge in [0, 0.05) is 23.7 Å². The van der Waals surface area contributed by atoms with Crippen LogP contribution in [0.25, 0.3) is 11.3 Å². The lowest BCUT2D eigenvalue weighted by Gasteiger charge is -2.01. The van der Waals surface area contributed by atoms with E-state index in [9.17, 15) is 4.79 Å². The standard InChI is InChI=1S/C11H9ClN2O/c1-14-7-13-10(6-11(14)15)8-2-4-9(12)5-3-8/h2-7H,1H3. The minimum absolute atomic E-state index is 0.0741. The molecule has 0 spiro atoms. The van der Waals surface area contributed by atoms with Gasteiger partial charge in [-0.05, 0) is 12.1 Å². The van der Waals surface area contributed by atoms with Crippen molar-refractivity contribution >= 4 is 11.6 Å². The van der Waals surface area contributed by atoms with Crippen molar-refractivity contribution in [2.75, 3.05) is 0 Å². The zero-order valence-electron chi connectivity index (χ0n) is 8.14. The molecule has 0 atom stereocenters. The fourth-order valence-corrected chi connectivity index (χ4v) is 1.37. The molecule has 0 saturated carbocycles. The zero-order chi connectivity index (χ0) is 10.8. The van der Waals surface area contributed by atoms with Gasteiger partial charge < -0.3 is 4.57 Å². The third-order valence-corrected chi connectivity index (χ3v) is 2.37. The van der Waals surface area contributed by atoms with E-state index >= 15 is 0 Å². The largest absolute Gasteiger partial charge is 0.302 e. The summed E-state index contributed by atoms with van der Waals surface area (Å²) in [4.78, 5) is 15.5. The molecule has 76 valence electrons. The van der Waals surface area contributed by atoms with Gasteiger partial charge in [-0.3, -0.25) is 4.79 Å². The minimum atomic E-state index is -0.0741. The van der Waals surface area contributed by atoms with Crippen LogP contribution in [0, 0.1) is 0 Å². The Balaban J connectivity index is 2.50. The van der Waals surface area contributed by atoms with E-state index in [1.165, 1.54) is 17.0 Å². The molecule has 2 rings (SSSR count). The van der Waals surface area contributed by atoms with Gasteiger partial charge in [0.2, 0.25) is 0 Å². The number of aromatic nitrogens is 2. The molecule has 1 aromatic carbocycles. The molecule has 0 aliphatic heterocycles. The lowest BCUT2D eigenvalue weighted by Crippen LogP contribution is -2.15. The number of rotatable bonds is 1. The summed E-state index contributed by atoms with van der Waals surface area (Å²) in [6.07, 6.45) is 1.51. The Labute approximate surface area is 92.0 Å². The summed E-state index contributed by atoms with van der Waals surface area (Å²) in [6, 6.07) is 8.73. The van der Waals surface area contributed by atoms with Crippen molar-refractivity contribution in [1.82, 2.24) is 9.55 Å². The van der Waals surface area contributed by atoms with E-state index in [0.29, 0.717) is 10.7 Å². The minimum Gasteiger partial charge on any atom is -0.302 e. The van der Waals surface area contributed by atoms with E-state index in [-0.39, 0.29) is 5.56 Å². The second-order valence-corrected chi connectivity index (χ2v) is 3.67. The third-order valence-electron chi connectivity index (χ3n) is 2.12. The van der Waals surface area contributed by atoms with E-state index in [0.717, 1.165) is 5.56 Å². The van der Waals surface area contributed by atoms with Gasteiger partial charge in [0.1, 0.15) is 0 Å². The molecular formula is C11H9ClN2O. The molecule has 0 fully saturated rings. The molecule has 0 aliphatic carbocycles. The Morgan fingerprint density at radius 3 is 2.53 bits per heavy atom. The van der Waals surface area contributed by atoms with Crippen LogP contribution in [0.1, 0.15) is 0 Å². The first-order valence-electron chi connectivity index (χ1n) is 4.45. The van der Waals surface area contributed by atoms with Crippen molar-refractivity contribution in [3.05, 3.63) is 52.0 Å². The van der Waals surface area contributed by atoms with Crippen LogP contribution in [0.15, 0.2) is 41.5 Å². The summed E-state index contributed by atoms with van der Waals surface area (Å²) in [5.41, 5.74) is 1.47. The Morgan fingerprint density at radius 2 is 1.93 bits per heavy atom. The van der Waals surface area contributed by atoms with Crippen LogP contribution in [0.3, 0.4) is 0 Å². The van der Waals surface area contributed by atoms with Gasteiger partial charge in [0.05, 0.1) is 12.0 Å². The first kappa shape index (κ1) is 9.93.